The molecule has 0 atom stereocenters. The number of nitrogens with zero attached hydrogens (tertiary/aromatic N) is 7. The van der Waals surface area contributed by atoms with Gasteiger partial charge in [-0.1, -0.05) is 5.16 Å². The first-order chi connectivity index (χ1) is 11.8. The average Bonchev–Trinajstić information content (AvgIpc) is 3.24. The molecule has 0 amide bonds. The summed E-state index contributed by atoms with van der Waals surface area (Å²) in [6, 6.07) is 3.98. The Balaban J connectivity index is 1.30. The van der Waals surface area contributed by atoms with E-state index in [0.717, 1.165) is 54.9 Å². The van der Waals surface area contributed by atoms with Crippen LogP contribution in [0.5, 0.6) is 0 Å². The molecule has 1 saturated carbocycles. The summed E-state index contributed by atoms with van der Waals surface area (Å²) in [6.45, 7) is 3.80. The van der Waals surface area contributed by atoms with E-state index in [1.807, 2.05) is 19.1 Å². The van der Waals surface area contributed by atoms with Crippen molar-refractivity contribution in [2.75, 3.05) is 18.0 Å². The highest BCUT2D eigenvalue weighted by Crippen LogP contribution is 2.39. The van der Waals surface area contributed by atoms with E-state index < -0.39 is 0 Å². The monoisotopic (exact) mass is 325 g/mol. The third-order valence-corrected chi connectivity index (χ3v) is 4.97. The Hall–Kier alpha value is -2.51. The highest BCUT2D eigenvalue weighted by Gasteiger charge is 2.32. The molecule has 0 N–H and O–H groups in total. The summed E-state index contributed by atoms with van der Waals surface area (Å²) in [5.41, 5.74) is 0.783. The molecule has 124 valence electrons. The van der Waals surface area contributed by atoms with Crippen LogP contribution in [0.15, 0.2) is 16.7 Å². The molecule has 5 rings (SSSR count). The summed E-state index contributed by atoms with van der Waals surface area (Å²) >= 11 is 0. The Morgan fingerprint density at radius 2 is 1.88 bits per heavy atom. The summed E-state index contributed by atoms with van der Waals surface area (Å²) in [4.78, 5) is 6.91. The van der Waals surface area contributed by atoms with Crippen molar-refractivity contribution >= 4 is 11.5 Å². The fourth-order valence-electron chi connectivity index (χ4n) is 3.33. The molecule has 8 nitrogen and oxygen atoms in total. The number of anilines is 1. The van der Waals surface area contributed by atoms with Crippen LogP contribution in [0.4, 0.5) is 5.82 Å². The zero-order chi connectivity index (χ0) is 16.1. The SMILES string of the molecule is Cc1nnc2ccc(N3CCC(c4noc(C5CC5)n4)CC3)nn12. The van der Waals surface area contributed by atoms with Crippen molar-refractivity contribution < 1.29 is 4.52 Å². The molecule has 8 heteroatoms. The molecule has 4 heterocycles. The maximum Gasteiger partial charge on any atom is 0.229 e. The number of rotatable bonds is 3. The maximum atomic E-state index is 5.40. The number of hydrogen-bond donors (Lipinski definition) is 0. The molecule has 2 aliphatic rings. The Bertz CT molecular complexity index is 874. The lowest BCUT2D eigenvalue weighted by atomic mass is 9.96. The van der Waals surface area contributed by atoms with E-state index in [2.05, 4.69) is 30.3 Å². The summed E-state index contributed by atoms with van der Waals surface area (Å²) in [5.74, 6) is 4.40. The summed E-state index contributed by atoms with van der Waals surface area (Å²) in [6.07, 6.45) is 4.42. The van der Waals surface area contributed by atoms with Gasteiger partial charge in [0.25, 0.3) is 0 Å². The molecule has 0 spiro atoms. The smallest absolute Gasteiger partial charge is 0.229 e. The molecule has 1 aliphatic carbocycles. The Morgan fingerprint density at radius 3 is 2.67 bits per heavy atom. The zero-order valence-corrected chi connectivity index (χ0v) is 13.6. The first-order valence-corrected chi connectivity index (χ1v) is 8.55. The third-order valence-electron chi connectivity index (χ3n) is 4.97. The van der Waals surface area contributed by atoms with Crippen LogP contribution in [0.25, 0.3) is 5.65 Å². The van der Waals surface area contributed by atoms with Gasteiger partial charge in [0.2, 0.25) is 5.89 Å². The number of hydrogen-bond acceptors (Lipinski definition) is 7. The van der Waals surface area contributed by atoms with Gasteiger partial charge in [-0.3, -0.25) is 0 Å². The molecule has 3 aromatic heterocycles. The van der Waals surface area contributed by atoms with E-state index in [1.54, 1.807) is 4.52 Å². The van der Waals surface area contributed by atoms with E-state index in [4.69, 9.17) is 4.52 Å². The van der Waals surface area contributed by atoms with Crippen molar-refractivity contribution in [3.05, 3.63) is 29.7 Å². The molecular formula is C16H19N7O. The second-order valence-corrected chi connectivity index (χ2v) is 6.74. The van der Waals surface area contributed by atoms with Crippen molar-refractivity contribution in [2.24, 2.45) is 0 Å². The minimum Gasteiger partial charge on any atom is -0.355 e. The van der Waals surface area contributed by atoms with Crippen molar-refractivity contribution in [1.29, 1.82) is 0 Å². The maximum absolute atomic E-state index is 5.40. The van der Waals surface area contributed by atoms with Crippen LogP contribution >= 0.6 is 0 Å². The fraction of sp³-hybridized carbons (Fsp3) is 0.562. The number of piperidine rings is 1. The minimum atomic E-state index is 0.387. The van der Waals surface area contributed by atoms with Crippen LogP contribution in [0.2, 0.25) is 0 Å². The molecule has 0 bridgehead atoms. The van der Waals surface area contributed by atoms with Crippen molar-refractivity contribution in [2.45, 2.75) is 44.4 Å². The standard InChI is InChI=1S/C16H19N7O/c1-10-18-19-13-4-5-14(20-23(10)13)22-8-6-11(7-9-22)15-17-16(24-21-15)12-2-3-12/h4-5,11-12H,2-3,6-9H2,1H3. The summed E-state index contributed by atoms with van der Waals surface area (Å²) < 4.78 is 7.20. The molecule has 1 aliphatic heterocycles. The minimum absolute atomic E-state index is 0.387. The molecule has 24 heavy (non-hydrogen) atoms. The summed E-state index contributed by atoms with van der Waals surface area (Å²) in [7, 11) is 0. The first kappa shape index (κ1) is 13.9. The Morgan fingerprint density at radius 1 is 1.04 bits per heavy atom. The number of fused-ring (bicyclic) bond motifs is 1. The quantitative estimate of drug-likeness (QED) is 0.728. The predicted octanol–water partition coefficient (Wildman–Crippen LogP) is 2.08. The number of aromatic nitrogens is 6. The lowest BCUT2D eigenvalue weighted by molar-refractivity contribution is 0.364. The van der Waals surface area contributed by atoms with Gasteiger partial charge >= 0.3 is 0 Å². The van der Waals surface area contributed by atoms with Crippen LogP contribution in [0, 0.1) is 6.92 Å². The van der Waals surface area contributed by atoms with Crippen LogP contribution in [0.1, 0.15) is 55.1 Å². The topological polar surface area (TPSA) is 85.2 Å². The molecule has 0 radical (unpaired) electrons. The average molecular weight is 325 g/mol. The Labute approximate surface area is 138 Å². The van der Waals surface area contributed by atoms with Gasteiger partial charge in [0.1, 0.15) is 5.82 Å². The molecule has 1 saturated heterocycles. The molecular weight excluding hydrogens is 306 g/mol. The molecule has 0 aromatic carbocycles. The van der Waals surface area contributed by atoms with Gasteiger partial charge in [0.15, 0.2) is 17.3 Å². The van der Waals surface area contributed by atoms with Gasteiger partial charge in [-0.15, -0.1) is 15.3 Å². The highest BCUT2D eigenvalue weighted by molar-refractivity contribution is 5.46. The second kappa shape index (κ2) is 5.25. The van der Waals surface area contributed by atoms with Gasteiger partial charge in [0.05, 0.1) is 0 Å². The van der Waals surface area contributed by atoms with E-state index >= 15 is 0 Å². The van der Waals surface area contributed by atoms with Crippen LogP contribution in [0.3, 0.4) is 0 Å². The van der Waals surface area contributed by atoms with Gasteiger partial charge in [-0.2, -0.15) is 9.50 Å². The molecule has 0 unspecified atom stereocenters. The fourth-order valence-corrected chi connectivity index (χ4v) is 3.33. The van der Waals surface area contributed by atoms with Crippen LogP contribution < -0.4 is 4.90 Å². The molecule has 2 fully saturated rings. The lowest BCUT2D eigenvalue weighted by Gasteiger charge is -2.31. The van der Waals surface area contributed by atoms with Crippen molar-refractivity contribution in [3.8, 4) is 0 Å². The largest absolute Gasteiger partial charge is 0.355 e. The third kappa shape index (κ3) is 2.33. The van der Waals surface area contributed by atoms with Crippen LogP contribution in [-0.2, 0) is 0 Å². The Kier molecular flexibility index (Phi) is 3.04. The van der Waals surface area contributed by atoms with E-state index in [0.29, 0.717) is 11.8 Å². The normalized spacial score (nSPS) is 19.3. The van der Waals surface area contributed by atoms with E-state index in [1.165, 1.54) is 12.8 Å². The summed E-state index contributed by atoms with van der Waals surface area (Å²) in [5, 5.41) is 17.0. The van der Waals surface area contributed by atoms with Crippen LogP contribution in [-0.4, -0.2) is 43.0 Å². The predicted molar refractivity (Wildman–Crippen MR) is 86.0 cm³/mol. The number of aryl methyl sites for hydroxylation is 1. The van der Waals surface area contributed by atoms with Crippen molar-refractivity contribution in [1.82, 2.24) is 30.0 Å². The van der Waals surface area contributed by atoms with Gasteiger partial charge in [-0.25, -0.2) is 0 Å². The van der Waals surface area contributed by atoms with Gasteiger partial charge < -0.3 is 9.42 Å². The van der Waals surface area contributed by atoms with E-state index in [9.17, 15) is 0 Å². The first-order valence-electron chi connectivity index (χ1n) is 8.55. The van der Waals surface area contributed by atoms with Crippen molar-refractivity contribution in [3.63, 3.8) is 0 Å². The van der Waals surface area contributed by atoms with Gasteiger partial charge in [-0.05, 0) is 44.7 Å². The highest BCUT2D eigenvalue weighted by atomic mass is 16.5. The second-order valence-electron chi connectivity index (χ2n) is 6.74. The molecule has 3 aromatic rings. The zero-order valence-electron chi connectivity index (χ0n) is 13.6. The lowest BCUT2D eigenvalue weighted by Crippen LogP contribution is -2.34. The van der Waals surface area contributed by atoms with E-state index in [-0.39, 0.29) is 0 Å². The van der Waals surface area contributed by atoms with Gasteiger partial charge in [0, 0.05) is 24.9 Å².